The summed E-state index contributed by atoms with van der Waals surface area (Å²) in [5.41, 5.74) is 3.02. The summed E-state index contributed by atoms with van der Waals surface area (Å²) in [6, 6.07) is 7.80. The first-order valence-corrected chi connectivity index (χ1v) is 6.62. The molecule has 2 heterocycles. The van der Waals surface area contributed by atoms with Crippen LogP contribution in [0.1, 0.15) is 11.3 Å². The van der Waals surface area contributed by atoms with Gasteiger partial charge in [-0.3, -0.25) is 0 Å². The minimum Gasteiger partial charge on any atom is -0.345 e. The van der Waals surface area contributed by atoms with Crippen LogP contribution in [0, 0.1) is 0 Å². The molecule has 1 N–H and O–H groups in total. The highest BCUT2D eigenvalue weighted by Crippen LogP contribution is 2.26. The Morgan fingerprint density at radius 1 is 1.17 bits per heavy atom. The fourth-order valence-electron chi connectivity index (χ4n) is 1.92. The first-order chi connectivity index (χ1) is 8.74. The van der Waals surface area contributed by atoms with Gasteiger partial charge in [-0.15, -0.1) is 0 Å². The van der Waals surface area contributed by atoms with E-state index >= 15 is 0 Å². The average molecular weight is 323 g/mol. The van der Waals surface area contributed by atoms with E-state index in [0.717, 1.165) is 32.6 Å². The highest BCUT2D eigenvalue weighted by atomic mass is 79.9. The van der Waals surface area contributed by atoms with Crippen LogP contribution in [0.5, 0.6) is 0 Å². The van der Waals surface area contributed by atoms with Crippen molar-refractivity contribution in [3.05, 3.63) is 57.5 Å². The second-order valence-electron chi connectivity index (χ2n) is 3.98. The molecule has 0 aliphatic carbocycles. The molecule has 0 saturated carbocycles. The number of rotatable bonds is 2. The van der Waals surface area contributed by atoms with E-state index in [0.29, 0.717) is 0 Å². The first-order valence-electron chi connectivity index (χ1n) is 5.45. The van der Waals surface area contributed by atoms with E-state index in [9.17, 15) is 0 Å². The van der Waals surface area contributed by atoms with Crippen molar-refractivity contribution in [2.45, 2.75) is 6.42 Å². The van der Waals surface area contributed by atoms with Crippen LogP contribution in [0.15, 0.2) is 41.3 Å². The van der Waals surface area contributed by atoms with E-state index in [1.165, 1.54) is 5.56 Å². The van der Waals surface area contributed by atoms with E-state index in [-0.39, 0.29) is 0 Å². The van der Waals surface area contributed by atoms with Gasteiger partial charge in [-0.2, -0.15) is 0 Å². The number of hydrogen-bond acceptors (Lipinski definition) is 2. The number of halogens is 2. The average Bonchev–Trinajstić information content (AvgIpc) is 2.75. The van der Waals surface area contributed by atoms with Gasteiger partial charge in [0, 0.05) is 22.1 Å². The van der Waals surface area contributed by atoms with Crippen LogP contribution in [0.25, 0.3) is 11.0 Å². The molecule has 0 radical (unpaired) electrons. The third kappa shape index (κ3) is 2.13. The quantitative estimate of drug-likeness (QED) is 0.776. The number of nitrogens with zero attached hydrogens (tertiary/aromatic N) is 2. The van der Waals surface area contributed by atoms with Crippen LogP contribution < -0.4 is 0 Å². The summed E-state index contributed by atoms with van der Waals surface area (Å²) in [4.78, 5) is 11.7. The maximum atomic E-state index is 5.88. The Morgan fingerprint density at radius 2 is 1.94 bits per heavy atom. The maximum Gasteiger partial charge on any atom is 0.142 e. The lowest BCUT2D eigenvalue weighted by Gasteiger charge is -2.03. The molecule has 0 bridgehead atoms. The first kappa shape index (κ1) is 11.7. The zero-order chi connectivity index (χ0) is 12.5. The van der Waals surface area contributed by atoms with E-state index in [1.807, 2.05) is 30.5 Å². The van der Waals surface area contributed by atoms with E-state index in [4.69, 9.17) is 11.6 Å². The molecule has 0 saturated heterocycles. The molecule has 0 unspecified atom stereocenters. The van der Waals surface area contributed by atoms with Gasteiger partial charge in [0.1, 0.15) is 12.0 Å². The summed E-state index contributed by atoms with van der Waals surface area (Å²) in [5.74, 6) is 0. The van der Waals surface area contributed by atoms with Gasteiger partial charge < -0.3 is 4.98 Å². The van der Waals surface area contributed by atoms with Crippen molar-refractivity contribution in [1.29, 1.82) is 0 Å². The molecule has 1 aromatic carbocycles. The van der Waals surface area contributed by atoms with Crippen LogP contribution in [0.3, 0.4) is 0 Å². The van der Waals surface area contributed by atoms with Gasteiger partial charge in [0.15, 0.2) is 0 Å². The van der Waals surface area contributed by atoms with Crippen LogP contribution in [0.2, 0.25) is 5.02 Å². The van der Waals surface area contributed by atoms with Crippen molar-refractivity contribution in [3.8, 4) is 0 Å². The summed E-state index contributed by atoms with van der Waals surface area (Å²) in [7, 11) is 0. The fourth-order valence-corrected chi connectivity index (χ4v) is 2.57. The topological polar surface area (TPSA) is 41.6 Å². The molecule has 0 aliphatic rings. The van der Waals surface area contributed by atoms with Crippen molar-refractivity contribution in [2.75, 3.05) is 0 Å². The number of benzene rings is 1. The Bertz CT molecular complexity index is 691. The normalized spacial score (nSPS) is 11.0. The molecule has 0 amide bonds. The van der Waals surface area contributed by atoms with Gasteiger partial charge in [0.05, 0.1) is 11.1 Å². The number of aromatic amines is 1. The summed E-state index contributed by atoms with van der Waals surface area (Å²) in [6.45, 7) is 0. The predicted octanol–water partition coefficient (Wildman–Crippen LogP) is 3.96. The molecule has 0 spiro atoms. The SMILES string of the molecule is Clc1ccc(Cc2ncnc3[nH]cc(Br)c23)cc1. The Balaban J connectivity index is 2.04. The molecule has 0 atom stereocenters. The Labute approximate surface area is 117 Å². The maximum absolute atomic E-state index is 5.88. The Morgan fingerprint density at radius 3 is 2.72 bits per heavy atom. The largest absolute Gasteiger partial charge is 0.345 e. The van der Waals surface area contributed by atoms with Crippen LogP contribution >= 0.6 is 27.5 Å². The summed E-state index contributed by atoms with van der Waals surface area (Å²) in [6.07, 6.45) is 4.22. The molecular weight excluding hydrogens is 314 g/mol. The van der Waals surface area contributed by atoms with E-state index in [1.54, 1.807) is 6.33 Å². The van der Waals surface area contributed by atoms with Gasteiger partial charge in [0.25, 0.3) is 0 Å². The standard InChI is InChI=1S/C13H9BrClN3/c14-10-6-16-13-12(10)11(17-7-18-13)5-8-1-3-9(15)4-2-8/h1-4,6-7H,5H2,(H,16,17,18). The molecule has 3 rings (SSSR count). The van der Waals surface area contributed by atoms with E-state index in [2.05, 4.69) is 30.9 Å². The number of fused-ring (bicyclic) bond motifs is 1. The molecule has 3 nitrogen and oxygen atoms in total. The highest BCUT2D eigenvalue weighted by molar-refractivity contribution is 9.10. The zero-order valence-corrected chi connectivity index (χ0v) is 11.7. The second kappa shape index (κ2) is 4.71. The molecular formula is C13H9BrClN3. The van der Waals surface area contributed by atoms with Crippen LogP contribution in [0.4, 0.5) is 0 Å². The Hall–Kier alpha value is -1.39. The predicted molar refractivity (Wildman–Crippen MR) is 75.8 cm³/mol. The summed E-state index contributed by atoms with van der Waals surface area (Å²) < 4.78 is 0.988. The molecule has 0 aliphatic heterocycles. The van der Waals surface area contributed by atoms with Gasteiger partial charge in [0.2, 0.25) is 0 Å². The van der Waals surface area contributed by atoms with Crippen molar-refractivity contribution in [3.63, 3.8) is 0 Å². The number of nitrogens with one attached hydrogen (secondary N) is 1. The highest BCUT2D eigenvalue weighted by Gasteiger charge is 2.09. The minimum absolute atomic E-state index is 0.745. The van der Waals surface area contributed by atoms with Crippen molar-refractivity contribution < 1.29 is 0 Å². The second-order valence-corrected chi connectivity index (χ2v) is 5.27. The van der Waals surface area contributed by atoms with Crippen molar-refractivity contribution in [1.82, 2.24) is 15.0 Å². The lowest BCUT2D eigenvalue weighted by atomic mass is 10.1. The number of aromatic nitrogens is 3. The monoisotopic (exact) mass is 321 g/mol. The van der Waals surface area contributed by atoms with Gasteiger partial charge >= 0.3 is 0 Å². The molecule has 90 valence electrons. The molecule has 18 heavy (non-hydrogen) atoms. The lowest BCUT2D eigenvalue weighted by molar-refractivity contribution is 1.06. The smallest absolute Gasteiger partial charge is 0.142 e. The summed E-state index contributed by atoms with van der Waals surface area (Å²) >= 11 is 9.39. The molecule has 3 aromatic rings. The van der Waals surface area contributed by atoms with Crippen LogP contribution in [-0.4, -0.2) is 15.0 Å². The zero-order valence-electron chi connectivity index (χ0n) is 9.32. The molecule has 2 aromatic heterocycles. The lowest BCUT2D eigenvalue weighted by Crippen LogP contribution is -1.94. The van der Waals surface area contributed by atoms with Crippen molar-refractivity contribution in [2.24, 2.45) is 0 Å². The third-order valence-corrected chi connectivity index (χ3v) is 3.66. The molecule has 5 heteroatoms. The minimum atomic E-state index is 0.745. The van der Waals surface area contributed by atoms with Gasteiger partial charge in [-0.05, 0) is 33.6 Å². The van der Waals surface area contributed by atoms with Gasteiger partial charge in [-0.1, -0.05) is 23.7 Å². The third-order valence-electron chi connectivity index (χ3n) is 2.79. The van der Waals surface area contributed by atoms with Gasteiger partial charge in [-0.25, -0.2) is 9.97 Å². The number of hydrogen-bond donors (Lipinski definition) is 1. The van der Waals surface area contributed by atoms with Crippen molar-refractivity contribution >= 4 is 38.6 Å². The fraction of sp³-hybridized carbons (Fsp3) is 0.0769. The number of H-pyrrole nitrogens is 1. The Kier molecular flexibility index (Phi) is 3.06. The summed E-state index contributed by atoms with van der Waals surface area (Å²) in [5, 5.41) is 1.78. The molecule has 0 fully saturated rings. The van der Waals surface area contributed by atoms with E-state index < -0.39 is 0 Å². The van der Waals surface area contributed by atoms with Crippen LogP contribution in [-0.2, 0) is 6.42 Å².